The van der Waals surface area contributed by atoms with Gasteiger partial charge >= 0.3 is 5.97 Å². The number of imidazole rings is 1. The maximum absolute atomic E-state index is 12.7. The summed E-state index contributed by atoms with van der Waals surface area (Å²) in [5, 5.41) is 2.51. The highest BCUT2D eigenvalue weighted by molar-refractivity contribution is 7.89. The van der Waals surface area contributed by atoms with Gasteiger partial charge in [-0.1, -0.05) is 18.2 Å². The zero-order valence-electron chi connectivity index (χ0n) is 19.5. The number of unbranched alkanes of at least 4 members (excludes halogenated alkanes) is 1. The number of fused-ring (bicyclic) bond motifs is 3. The number of sulfonamides is 1. The van der Waals surface area contributed by atoms with Crippen molar-refractivity contribution in [1.82, 2.24) is 19.3 Å². The third-order valence-corrected chi connectivity index (χ3v) is 8.14. The van der Waals surface area contributed by atoms with Crippen molar-refractivity contribution in [3.8, 4) is 0 Å². The van der Waals surface area contributed by atoms with Gasteiger partial charge in [0, 0.05) is 32.0 Å². The smallest absolute Gasteiger partial charge is 0.349 e. The molecule has 0 spiro atoms. The zero-order chi connectivity index (χ0) is 25.0. The lowest BCUT2D eigenvalue weighted by Gasteiger charge is -2.11. The average molecular weight is 518 g/mol. The van der Waals surface area contributed by atoms with E-state index in [2.05, 4.69) is 19.0 Å². The van der Waals surface area contributed by atoms with Crippen molar-refractivity contribution < 1.29 is 22.7 Å². The molecular weight excluding hydrogens is 490 g/mol. The third kappa shape index (κ3) is 5.15. The van der Waals surface area contributed by atoms with Gasteiger partial charge in [0.15, 0.2) is 5.82 Å². The number of aromatic nitrogens is 3. The van der Waals surface area contributed by atoms with Gasteiger partial charge in [-0.3, -0.25) is 0 Å². The van der Waals surface area contributed by atoms with Gasteiger partial charge in [0.05, 0.1) is 24.8 Å². The van der Waals surface area contributed by atoms with Crippen LogP contribution >= 0.6 is 11.3 Å². The minimum absolute atomic E-state index is 0.0609. The highest BCUT2D eigenvalue weighted by Gasteiger charge is 2.24. The van der Waals surface area contributed by atoms with Crippen LogP contribution in [-0.4, -0.2) is 56.3 Å². The van der Waals surface area contributed by atoms with Crippen LogP contribution in [-0.2, 0) is 32.5 Å². The molecule has 0 aliphatic heterocycles. The lowest BCUT2D eigenvalue weighted by molar-refractivity contribution is 0.0602. The number of esters is 1. The van der Waals surface area contributed by atoms with Gasteiger partial charge in [0.2, 0.25) is 10.0 Å². The van der Waals surface area contributed by atoms with E-state index in [1.807, 2.05) is 24.3 Å². The Morgan fingerprint density at radius 1 is 1.17 bits per heavy atom. The fourth-order valence-electron chi connectivity index (χ4n) is 3.96. The third-order valence-electron chi connectivity index (χ3n) is 5.61. The second-order valence-corrected chi connectivity index (χ2v) is 10.5. The van der Waals surface area contributed by atoms with Crippen LogP contribution in [0.15, 0.2) is 40.6 Å². The highest BCUT2D eigenvalue weighted by atomic mass is 32.2. The number of anilines is 1. The molecule has 4 rings (SSSR count). The van der Waals surface area contributed by atoms with Crippen LogP contribution in [0.5, 0.6) is 0 Å². The number of pyridine rings is 1. The van der Waals surface area contributed by atoms with Crippen molar-refractivity contribution in [2.45, 2.75) is 30.7 Å². The summed E-state index contributed by atoms with van der Waals surface area (Å²) < 4.78 is 40.0. The first-order valence-electron chi connectivity index (χ1n) is 11.0. The van der Waals surface area contributed by atoms with Gasteiger partial charge in [-0.25, -0.2) is 27.9 Å². The Morgan fingerprint density at radius 3 is 2.74 bits per heavy atom. The van der Waals surface area contributed by atoms with E-state index in [0.29, 0.717) is 43.7 Å². The van der Waals surface area contributed by atoms with Gasteiger partial charge in [-0.05, 0) is 30.4 Å². The van der Waals surface area contributed by atoms with Crippen LogP contribution in [0.1, 0.15) is 28.3 Å². The normalized spacial score (nSPS) is 11.9. The Bertz CT molecular complexity index is 1460. The van der Waals surface area contributed by atoms with E-state index in [4.69, 9.17) is 15.5 Å². The monoisotopic (exact) mass is 517 g/mol. The van der Waals surface area contributed by atoms with Crippen LogP contribution in [0.4, 0.5) is 5.82 Å². The van der Waals surface area contributed by atoms with Crippen molar-refractivity contribution in [3.05, 3.63) is 46.4 Å². The summed E-state index contributed by atoms with van der Waals surface area (Å²) in [5.74, 6) is 0.547. The molecule has 186 valence electrons. The van der Waals surface area contributed by atoms with Crippen LogP contribution in [0.25, 0.3) is 21.9 Å². The lowest BCUT2D eigenvalue weighted by Crippen LogP contribution is -2.26. The molecule has 3 heterocycles. The van der Waals surface area contributed by atoms with E-state index >= 15 is 0 Å². The average Bonchev–Trinajstić information content (AvgIpc) is 3.48. The predicted molar refractivity (Wildman–Crippen MR) is 135 cm³/mol. The molecule has 3 N–H and O–H groups in total. The van der Waals surface area contributed by atoms with E-state index in [9.17, 15) is 13.2 Å². The Morgan fingerprint density at radius 2 is 1.97 bits per heavy atom. The molecule has 4 aromatic rings. The fourth-order valence-corrected chi connectivity index (χ4v) is 6.37. The van der Waals surface area contributed by atoms with Crippen molar-refractivity contribution in [2.24, 2.45) is 0 Å². The number of benzene rings is 1. The number of thiophene rings is 1. The summed E-state index contributed by atoms with van der Waals surface area (Å²) in [6.07, 6.45) is 1.89. The second-order valence-electron chi connectivity index (χ2n) is 7.84. The largest absolute Gasteiger partial charge is 0.465 e. The molecule has 0 radical (unpaired) electrons. The summed E-state index contributed by atoms with van der Waals surface area (Å²) in [7, 11) is -0.963. The van der Waals surface area contributed by atoms with Crippen LogP contribution in [0, 0.1) is 0 Å². The number of rotatable bonds is 11. The Hall–Kier alpha value is -3.06. The molecular formula is C23H27N5O5S2. The Labute approximate surface area is 207 Å². The van der Waals surface area contributed by atoms with E-state index in [0.717, 1.165) is 33.6 Å². The molecule has 0 unspecified atom stereocenters. The predicted octanol–water partition coefficient (Wildman–Crippen LogP) is 2.96. The van der Waals surface area contributed by atoms with E-state index in [-0.39, 0.29) is 16.3 Å². The summed E-state index contributed by atoms with van der Waals surface area (Å²) in [4.78, 5) is 21.1. The van der Waals surface area contributed by atoms with Gasteiger partial charge in [0.25, 0.3) is 0 Å². The molecule has 35 heavy (non-hydrogen) atoms. The molecule has 0 aliphatic carbocycles. The Balaban J connectivity index is 1.50. The van der Waals surface area contributed by atoms with Crippen molar-refractivity contribution >= 4 is 55.1 Å². The number of carbonyl (C=O) groups is 1. The highest BCUT2D eigenvalue weighted by Crippen LogP contribution is 2.29. The molecule has 0 saturated carbocycles. The molecule has 3 aromatic heterocycles. The summed E-state index contributed by atoms with van der Waals surface area (Å²) in [6, 6.07) is 9.18. The first kappa shape index (κ1) is 25.0. The fraction of sp³-hybridized carbons (Fsp3) is 0.348. The quantitative estimate of drug-likeness (QED) is 0.229. The number of nitrogens with zero attached hydrogens (tertiary/aromatic N) is 3. The van der Waals surface area contributed by atoms with Crippen LogP contribution in [0.2, 0.25) is 0 Å². The standard InChI is InChI=1S/C23H27N5O5S2/c1-32-13-9-18-27-19-20(15-7-3-4-8-16(15)26-22(19)24)28(18)12-6-5-11-25-35(30,31)17-10-14-34-21(17)23(29)33-2/h3-4,7-8,10,14,25H,5-6,9,11-13H2,1-2H3,(H2,24,26). The second kappa shape index (κ2) is 10.7. The van der Waals surface area contributed by atoms with Gasteiger partial charge < -0.3 is 19.8 Å². The molecule has 0 bridgehead atoms. The molecule has 10 nitrogen and oxygen atoms in total. The lowest BCUT2D eigenvalue weighted by atomic mass is 10.2. The molecule has 0 atom stereocenters. The van der Waals surface area contributed by atoms with Crippen LogP contribution < -0.4 is 10.5 Å². The number of nitrogens with one attached hydrogen (secondary N) is 1. The number of ether oxygens (including phenoxy) is 2. The minimum atomic E-state index is -3.83. The van der Waals surface area contributed by atoms with Gasteiger partial charge in [0.1, 0.15) is 21.1 Å². The van der Waals surface area contributed by atoms with E-state index in [1.54, 1.807) is 12.5 Å². The summed E-state index contributed by atoms with van der Waals surface area (Å²) in [6.45, 7) is 1.36. The number of aryl methyl sites for hydroxylation is 1. The van der Waals surface area contributed by atoms with Gasteiger partial charge in [-0.15, -0.1) is 11.3 Å². The topological polar surface area (TPSA) is 138 Å². The number of para-hydroxylation sites is 1. The molecule has 0 fully saturated rings. The molecule has 0 saturated heterocycles. The maximum Gasteiger partial charge on any atom is 0.349 e. The van der Waals surface area contributed by atoms with Crippen molar-refractivity contribution in [3.63, 3.8) is 0 Å². The van der Waals surface area contributed by atoms with E-state index in [1.165, 1.54) is 13.2 Å². The molecule has 1 aromatic carbocycles. The van der Waals surface area contributed by atoms with Crippen molar-refractivity contribution in [1.29, 1.82) is 0 Å². The number of hydrogen-bond donors (Lipinski definition) is 2. The SMILES string of the molecule is COCCc1nc2c(N)nc3ccccc3c2n1CCCCNS(=O)(=O)c1ccsc1C(=O)OC. The van der Waals surface area contributed by atoms with Crippen LogP contribution in [0.3, 0.4) is 0 Å². The van der Waals surface area contributed by atoms with E-state index < -0.39 is 16.0 Å². The summed E-state index contributed by atoms with van der Waals surface area (Å²) >= 11 is 1.03. The molecule has 0 amide bonds. The minimum Gasteiger partial charge on any atom is -0.465 e. The number of carbonyl (C=O) groups excluding carboxylic acids is 1. The first-order valence-corrected chi connectivity index (χ1v) is 13.4. The zero-order valence-corrected chi connectivity index (χ0v) is 21.1. The summed E-state index contributed by atoms with van der Waals surface area (Å²) in [5.41, 5.74) is 8.59. The Kier molecular flexibility index (Phi) is 7.65. The number of hydrogen-bond acceptors (Lipinski definition) is 9. The number of nitrogens with two attached hydrogens (primary N) is 1. The molecule has 12 heteroatoms. The molecule has 0 aliphatic rings. The first-order chi connectivity index (χ1) is 16.9. The van der Waals surface area contributed by atoms with Gasteiger partial charge in [-0.2, -0.15) is 0 Å². The number of methoxy groups -OCH3 is 2. The number of nitrogen functional groups attached to an aromatic ring is 1. The van der Waals surface area contributed by atoms with Crippen molar-refractivity contribution in [2.75, 3.05) is 33.1 Å². The maximum atomic E-state index is 12.7.